The maximum atomic E-state index is 15.4. The molecule has 1 aliphatic carbocycles. The Kier molecular flexibility index (Phi) is 6.79. The number of benzene rings is 4. The molecule has 0 aromatic heterocycles. The molecule has 0 saturated heterocycles. The lowest BCUT2D eigenvalue weighted by Gasteiger charge is -2.24. The lowest BCUT2D eigenvalue weighted by atomic mass is 9.75. The third-order valence-electron chi connectivity index (χ3n) is 12.4. The van der Waals surface area contributed by atoms with Gasteiger partial charge < -0.3 is 0 Å². The Hall–Kier alpha value is -3.32. The largest absolute Gasteiger partial charge is 0.218 e. The topological polar surface area (TPSA) is 137 Å². The van der Waals surface area contributed by atoms with E-state index in [0.29, 0.717) is 44.5 Å². The summed E-state index contributed by atoms with van der Waals surface area (Å²) in [5.74, 6) is 0. The molecule has 0 atom stereocenters. The first kappa shape index (κ1) is 34.4. The van der Waals surface area contributed by atoms with Crippen LogP contribution in [0.15, 0.2) is 39.2 Å². The molecule has 0 fully saturated rings. The van der Waals surface area contributed by atoms with Gasteiger partial charge in [0.15, 0.2) is 0 Å². The van der Waals surface area contributed by atoms with Crippen LogP contribution in [-0.4, -0.2) is 33.7 Å². The molecule has 0 bridgehead atoms. The van der Waals surface area contributed by atoms with Crippen LogP contribution in [0.4, 0.5) is 0 Å². The maximum absolute atomic E-state index is 15.4. The zero-order chi connectivity index (χ0) is 37.5. The van der Waals surface area contributed by atoms with E-state index >= 15 is 33.7 Å². The molecule has 5 aliphatic rings. The van der Waals surface area contributed by atoms with Crippen molar-refractivity contribution in [3.63, 3.8) is 0 Å². The Morgan fingerprint density at radius 2 is 0.327 bits per heavy atom. The molecule has 4 aliphatic heterocycles. The van der Waals surface area contributed by atoms with Crippen molar-refractivity contribution in [3.8, 4) is 44.5 Å². The minimum Gasteiger partial charge on any atom is -0.218 e. The summed E-state index contributed by atoms with van der Waals surface area (Å²) in [5, 5.41) is 0. The molecule has 9 rings (SSSR count). The van der Waals surface area contributed by atoms with Gasteiger partial charge in [0.2, 0.25) is 39.3 Å². The molecular formula is C40H40O8S4. The summed E-state index contributed by atoms with van der Waals surface area (Å²) >= 11 is 0. The van der Waals surface area contributed by atoms with E-state index in [-0.39, 0.29) is 135 Å². The van der Waals surface area contributed by atoms with Gasteiger partial charge in [0.05, 0.1) is 39.2 Å². The van der Waals surface area contributed by atoms with Crippen LogP contribution in [0.25, 0.3) is 44.5 Å². The summed E-state index contributed by atoms with van der Waals surface area (Å²) < 4.78 is 123. The second-order valence-corrected chi connectivity index (χ2v) is 21.6. The molecule has 4 aromatic rings. The number of rotatable bonds is 8. The average molecular weight is 777 g/mol. The van der Waals surface area contributed by atoms with Crippen LogP contribution in [0.2, 0.25) is 0 Å². The third-order valence-corrected chi connectivity index (χ3v) is 20.3. The Morgan fingerprint density at radius 3 is 0.404 bits per heavy atom. The van der Waals surface area contributed by atoms with Gasteiger partial charge in [-0.3, -0.25) is 0 Å². The van der Waals surface area contributed by atoms with Crippen molar-refractivity contribution in [1.82, 2.24) is 0 Å². The second-order valence-electron chi connectivity index (χ2n) is 14.3. The predicted octanol–water partition coefficient (Wildman–Crippen LogP) is 7.75. The minimum absolute atomic E-state index is 0.0384. The molecule has 4 heterocycles. The Bertz CT molecular complexity index is 2360. The van der Waals surface area contributed by atoms with Crippen LogP contribution in [0.1, 0.15) is 99.9 Å². The van der Waals surface area contributed by atoms with Crippen molar-refractivity contribution in [3.05, 3.63) is 44.5 Å². The van der Waals surface area contributed by atoms with Gasteiger partial charge in [-0.05, 0) is 95.9 Å². The van der Waals surface area contributed by atoms with E-state index in [1.165, 1.54) is 0 Å². The van der Waals surface area contributed by atoms with Crippen molar-refractivity contribution in [2.24, 2.45) is 0 Å². The average Bonchev–Trinajstić information content (AvgIpc) is 3.69. The van der Waals surface area contributed by atoms with E-state index < -0.39 is 39.3 Å². The van der Waals surface area contributed by atoms with Crippen molar-refractivity contribution in [2.45, 2.75) is 146 Å². The summed E-state index contributed by atoms with van der Waals surface area (Å²) in [6, 6.07) is 0. The van der Waals surface area contributed by atoms with E-state index in [2.05, 4.69) is 0 Å². The van der Waals surface area contributed by atoms with Crippen molar-refractivity contribution in [1.29, 1.82) is 0 Å². The van der Waals surface area contributed by atoms with Gasteiger partial charge in [0.25, 0.3) is 0 Å². The monoisotopic (exact) mass is 776 g/mol. The Morgan fingerprint density at radius 1 is 0.231 bits per heavy atom. The number of sulfone groups is 4. The van der Waals surface area contributed by atoms with E-state index in [1.807, 2.05) is 55.4 Å². The summed E-state index contributed by atoms with van der Waals surface area (Å²) in [6.45, 7) is 14.6. The summed E-state index contributed by atoms with van der Waals surface area (Å²) in [4.78, 5) is 0.307. The van der Waals surface area contributed by atoms with Crippen LogP contribution >= 0.6 is 0 Å². The fourth-order valence-electron chi connectivity index (χ4n) is 10.9. The van der Waals surface area contributed by atoms with Gasteiger partial charge in [0.1, 0.15) is 0 Å². The van der Waals surface area contributed by atoms with Crippen molar-refractivity contribution in [2.75, 3.05) is 0 Å². The fraction of sp³-hybridized carbons (Fsp3) is 0.400. The van der Waals surface area contributed by atoms with E-state index in [0.717, 1.165) is 0 Å². The SMILES string of the molecule is CCc1c(CC)c2c3c4c1S(=O)(=O)c1c(CC)c(CC)c5c(c1-4)-c1c4c(c(CC)c(CC)c1S5(=O)=O)S(=O)(=O)c1c(CC)c(CC)c(c-3c1-4)S2(=O)=O. The van der Waals surface area contributed by atoms with Crippen LogP contribution < -0.4 is 0 Å². The fourth-order valence-corrected chi connectivity index (χ4v) is 20.2. The highest BCUT2D eigenvalue weighted by molar-refractivity contribution is 7.94. The molecule has 0 unspecified atom stereocenters. The quantitative estimate of drug-likeness (QED) is 0.153. The van der Waals surface area contributed by atoms with E-state index in [9.17, 15) is 0 Å². The lowest BCUT2D eigenvalue weighted by Crippen LogP contribution is -2.13. The van der Waals surface area contributed by atoms with Crippen molar-refractivity contribution < 1.29 is 33.7 Å². The third kappa shape index (κ3) is 3.27. The second kappa shape index (κ2) is 10.2. The molecular weight excluding hydrogens is 737 g/mol. The summed E-state index contributed by atoms with van der Waals surface area (Å²) in [6.07, 6.45) is 1.89. The van der Waals surface area contributed by atoms with Gasteiger partial charge in [-0.15, -0.1) is 0 Å². The maximum Gasteiger partial charge on any atom is 0.208 e. The molecule has 0 spiro atoms. The Balaban J connectivity index is 1.79. The molecule has 0 N–H and O–H groups in total. The van der Waals surface area contributed by atoms with Gasteiger partial charge in [0, 0.05) is 44.5 Å². The molecule has 272 valence electrons. The zero-order valence-electron chi connectivity index (χ0n) is 30.6. The van der Waals surface area contributed by atoms with Crippen LogP contribution in [0.5, 0.6) is 0 Å². The van der Waals surface area contributed by atoms with Crippen LogP contribution in [-0.2, 0) is 90.7 Å². The van der Waals surface area contributed by atoms with E-state index in [4.69, 9.17) is 0 Å². The zero-order valence-corrected chi connectivity index (χ0v) is 33.8. The number of hydrogen-bond acceptors (Lipinski definition) is 8. The molecule has 0 radical (unpaired) electrons. The highest BCUT2D eigenvalue weighted by Gasteiger charge is 2.58. The lowest BCUT2D eigenvalue weighted by molar-refractivity contribution is 0.590. The van der Waals surface area contributed by atoms with Gasteiger partial charge >= 0.3 is 0 Å². The normalized spacial score (nSPS) is 18.3. The number of hydrogen-bond donors (Lipinski definition) is 0. The molecule has 4 aromatic carbocycles. The predicted molar refractivity (Wildman–Crippen MR) is 199 cm³/mol. The summed E-state index contributed by atoms with van der Waals surface area (Å²) in [7, 11) is -17.2. The van der Waals surface area contributed by atoms with Gasteiger partial charge in [-0.2, -0.15) is 0 Å². The first-order chi connectivity index (χ1) is 24.6. The van der Waals surface area contributed by atoms with Gasteiger partial charge in [-0.1, -0.05) is 55.4 Å². The van der Waals surface area contributed by atoms with Gasteiger partial charge in [-0.25, -0.2) is 33.7 Å². The highest BCUT2D eigenvalue weighted by Crippen LogP contribution is 2.71. The Labute approximate surface area is 306 Å². The van der Waals surface area contributed by atoms with Crippen LogP contribution in [0, 0.1) is 0 Å². The molecule has 52 heavy (non-hydrogen) atoms. The first-order valence-corrected chi connectivity index (χ1v) is 24.4. The summed E-state index contributed by atoms with van der Waals surface area (Å²) in [5.41, 5.74) is 5.18. The van der Waals surface area contributed by atoms with Crippen molar-refractivity contribution >= 4 is 39.3 Å². The molecule has 12 heteroatoms. The van der Waals surface area contributed by atoms with E-state index in [1.54, 1.807) is 0 Å². The molecule has 0 amide bonds. The smallest absolute Gasteiger partial charge is 0.208 e. The van der Waals surface area contributed by atoms with Crippen LogP contribution in [0.3, 0.4) is 0 Å². The minimum atomic E-state index is -4.30. The standard InChI is InChI=1S/C40H40O8S4/c1-9-17-18(10-2)34-26-25-27-29-31-32-30-28(26)36(50(34,43)44)21(13-5)22(14-6)38(30)52(47,48)40(32)24(16-8)23(15-7)39(31)51(45,46)37(29)20(12-4)19(11-3)35(27)49(41,42)33(17)25/h9-16H2,1-8H3. The first-order valence-electron chi connectivity index (χ1n) is 18.5. The molecule has 8 nitrogen and oxygen atoms in total. The highest BCUT2D eigenvalue weighted by atomic mass is 32.2. The molecule has 0 saturated carbocycles.